The summed E-state index contributed by atoms with van der Waals surface area (Å²) in [7, 11) is 1.67. The molecule has 0 N–H and O–H groups in total. The molecule has 1 aliphatic carbocycles. The van der Waals surface area contributed by atoms with E-state index in [4.69, 9.17) is 9.47 Å². The van der Waals surface area contributed by atoms with Crippen LogP contribution in [-0.4, -0.2) is 22.3 Å². The van der Waals surface area contributed by atoms with Crippen LogP contribution < -0.4 is 14.7 Å². The van der Waals surface area contributed by atoms with Crippen LogP contribution in [0.5, 0.6) is 11.5 Å². The lowest BCUT2D eigenvalue weighted by Crippen LogP contribution is -2.45. The van der Waals surface area contributed by atoms with Gasteiger partial charge in [-0.05, 0) is 40.6 Å². The summed E-state index contributed by atoms with van der Waals surface area (Å²) in [4.78, 5) is 0. The number of allylic oxidation sites excluding steroid dienone is 4. The number of benzene rings is 1. The van der Waals surface area contributed by atoms with Crippen LogP contribution in [0.4, 0.5) is 0 Å². The fourth-order valence-electron chi connectivity index (χ4n) is 3.80. The third kappa shape index (κ3) is 3.71. The molecule has 0 saturated heterocycles. The maximum atomic E-state index is 5.98. The minimum absolute atomic E-state index is 0.00228. The van der Waals surface area contributed by atoms with Crippen LogP contribution in [0.3, 0.4) is 0 Å². The van der Waals surface area contributed by atoms with Crippen molar-refractivity contribution >= 4 is 13.3 Å². The van der Waals surface area contributed by atoms with Crippen LogP contribution in [0.2, 0.25) is 13.1 Å². The number of ether oxygens (including phenoxy) is 2. The van der Waals surface area contributed by atoms with Gasteiger partial charge < -0.3 is 9.47 Å². The molecule has 0 heterocycles. The number of hydrogen-bond acceptors (Lipinski definition) is 2. The lowest BCUT2D eigenvalue weighted by molar-refractivity contribution is 0.391. The van der Waals surface area contributed by atoms with Gasteiger partial charge in [-0.3, -0.25) is 0 Å². The molecule has 2 rings (SSSR count). The summed E-state index contributed by atoms with van der Waals surface area (Å²) >= 11 is 0. The molecule has 138 valence electrons. The van der Waals surface area contributed by atoms with E-state index in [2.05, 4.69) is 72.0 Å². The van der Waals surface area contributed by atoms with Gasteiger partial charge in [-0.1, -0.05) is 65.1 Å². The average molecular weight is 359 g/mol. The van der Waals surface area contributed by atoms with Crippen molar-refractivity contribution in [2.75, 3.05) is 14.2 Å². The van der Waals surface area contributed by atoms with Crippen molar-refractivity contribution < 1.29 is 9.47 Å². The van der Waals surface area contributed by atoms with Gasteiger partial charge in [0.05, 0.1) is 14.2 Å². The van der Waals surface area contributed by atoms with E-state index in [0.29, 0.717) is 5.92 Å². The fraction of sp³-hybridized carbons (Fsp3) is 0.545. The van der Waals surface area contributed by atoms with Crippen LogP contribution in [0, 0.1) is 5.92 Å². The van der Waals surface area contributed by atoms with Gasteiger partial charge in [-0.15, -0.1) is 0 Å². The van der Waals surface area contributed by atoms with Crippen molar-refractivity contribution in [2.24, 2.45) is 5.92 Å². The van der Waals surface area contributed by atoms with Crippen LogP contribution >= 0.6 is 0 Å². The van der Waals surface area contributed by atoms with Crippen molar-refractivity contribution in [3.05, 3.63) is 40.6 Å². The predicted molar refractivity (Wildman–Crippen MR) is 111 cm³/mol. The second kappa shape index (κ2) is 7.03. The first-order valence-electron chi connectivity index (χ1n) is 9.21. The van der Waals surface area contributed by atoms with Crippen molar-refractivity contribution in [2.45, 2.75) is 59.5 Å². The average Bonchev–Trinajstić information content (AvgIpc) is 3.03. The summed E-state index contributed by atoms with van der Waals surface area (Å²) in [6, 6.07) is 4.35. The number of methoxy groups -OCH3 is 2. The van der Waals surface area contributed by atoms with Gasteiger partial charge in [0.15, 0.2) is 0 Å². The largest absolute Gasteiger partial charge is 0.497 e. The third-order valence-corrected chi connectivity index (χ3v) is 9.05. The van der Waals surface area contributed by atoms with Crippen LogP contribution in [-0.2, 0) is 5.41 Å². The lowest BCUT2D eigenvalue weighted by atomic mass is 9.86. The van der Waals surface area contributed by atoms with Gasteiger partial charge in [0.2, 0.25) is 0 Å². The van der Waals surface area contributed by atoms with Crippen LogP contribution in [0.1, 0.15) is 46.6 Å². The molecule has 0 spiro atoms. The molecule has 0 aliphatic heterocycles. The smallest absolute Gasteiger partial charge is 0.122 e. The molecule has 1 aromatic rings. The molecule has 0 amide bonds. The molecule has 3 heteroatoms. The Bertz CT molecular complexity index is 703. The molecule has 2 nitrogen and oxygen atoms in total. The van der Waals surface area contributed by atoms with Crippen molar-refractivity contribution in [3.63, 3.8) is 0 Å². The van der Waals surface area contributed by atoms with E-state index < -0.39 is 8.07 Å². The summed E-state index contributed by atoms with van der Waals surface area (Å²) in [5.41, 5.74) is 2.74. The normalized spacial score (nSPS) is 15.3. The molecule has 0 bridgehead atoms. The second-order valence-corrected chi connectivity index (χ2v) is 13.2. The molecule has 1 aromatic carbocycles. The van der Waals surface area contributed by atoms with E-state index in [1.54, 1.807) is 19.4 Å². The van der Waals surface area contributed by atoms with E-state index in [0.717, 1.165) is 17.9 Å². The highest BCUT2D eigenvalue weighted by molar-refractivity contribution is 6.96. The summed E-state index contributed by atoms with van der Waals surface area (Å²) in [6.07, 6.45) is 5.71. The van der Waals surface area contributed by atoms with Crippen LogP contribution in [0.25, 0.3) is 0 Å². The Labute approximate surface area is 154 Å². The van der Waals surface area contributed by atoms with E-state index in [1.807, 2.05) is 0 Å². The number of rotatable bonds is 5. The summed E-state index contributed by atoms with van der Waals surface area (Å²) in [6.45, 7) is 16.2. The minimum atomic E-state index is -1.88. The molecule has 0 radical (unpaired) electrons. The standard InChI is InChI=1S/C22H34O2Si/c1-15(2)17-11-10-12-19(17)25(8,9)20-14-16(23-6)13-18(21(20)24-7)22(3,4)5/h10-11,13-15H,12H2,1-9H3. The fourth-order valence-corrected chi connectivity index (χ4v) is 7.16. The Morgan fingerprint density at radius 3 is 2.16 bits per heavy atom. The minimum Gasteiger partial charge on any atom is -0.497 e. The molecular formula is C22H34O2Si. The summed E-state index contributed by atoms with van der Waals surface area (Å²) in [5, 5.41) is 2.96. The predicted octanol–water partition coefficient (Wildman–Crippen LogP) is 5.37. The van der Waals surface area contributed by atoms with Gasteiger partial charge in [0.1, 0.15) is 19.6 Å². The molecule has 0 atom stereocenters. The molecule has 0 saturated carbocycles. The molecular weight excluding hydrogens is 324 g/mol. The van der Waals surface area contributed by atoms with Crippen molar-refractivity contribution in [1.82, 2.24) is 0 Å². The maximum Gasteiger partial charge on any atom is 0.122 e. The first kappa shape index (κ1) is 19.8. The SMILES string of the molecule is COc1cc(C(C)(C)C)c(OC)c([Si](C)(C)C2=C(C(C)C)C=CC2)c1. The monoisotopic (exact) mass is 358 g/mol. The third-order valence-electron chi connectivity index (χ3n) is 5.33. The van der Waals surface area contributed by atoms with Gasteiger partial charge in [0.25, 0.3) is 0 Å². The van der Waals surface area contributed by atoms with Gasteiger partial charge in [0, 0.05) is 5.56 Å². The Morgan fingerprint density at radius 2 is 1.68 bits per heavy atom. The molecule has 1 aliphatic rings. The molecule has 0 aromatic heterocycles. The lowest BCUT2D eigenvalue weighted by Gasteiger charge is -2.33. The van der Waals surface area contributed by atoms with Gasteiger partial charge >= 0.3 is 0 Å². The molecule has 0 unspecified atom stereocenters. The van der Waals surface area contributed by atoms with Gasteiger partial charge in [-0.2, -0.15) is 0 Å². The first-order chi connectivity index (χ1) is 11.5. The topological polar surface area (TPSA) is 18.5 Å². The highest BCUT2D eigenvalue weighted by atomic mass is 28.3. The van der Waals surface area contributed by atoms with E-state index in [1.165, 1.54) is 16.3 Å². The van der Waals surface area contributed by atoms with Gasteiger partial charge in [-0.25, -0.2) is 0 Å². The van der Waals surface area contributed by atoms with Crippen LogP contribution in [0.15, 0.2) is 35.1 Å². The first-order valence-corrected chi connectivity index (χ1v) is 12.2. The Balaban J connectivity index is 2.75. The van der Waals surface area contributed by atoms with Crippen molar-refractivity contribution in [3.8, 4) is 11.5 Å². The van der Waals surface area contributed by atoms with E-state index >= 15 is 0 Å². The van der Waals surface area contributed by atoms with Crippen molar-refractivity contribution in [1.29, 1.82) is 0 Å². The van der Waals surface area contributed by atoms with E-state index in [9.17, 15) is 0 Å². The zero-order chi connectivity index (χ0) is 19.0. The summed E-state index contributed by atoms with van der Waals surface area (Å²) in [5.74, 6) is 2.53. The number of hydrogen-bond donors (Lipinski definition) is 0. The second-order valence-electron chi connectivity index (χ2n) is 8.83. The molecule has 25 heavy (non-hydrogen) atoms. The van der Waals surface area contributed by atoms with E-state index in [-0.39, 0.29) is 5.41 Å². The highest BCUT2D eigenvalue weighted by Crippen LogP contribution is 2.38. The zero-order valence-electron chi connectivity index (χ0n) is 17.4. The highest BCUT2D eigenvalue weighted by Gasteiger charge is 2.37. The summed E-state index contributed by atoms with van der Waals surface area (Å²) < 4.78 is 11.6. The quantitative estimate of drug-likeness (QED) is 0.659. The Morgan fingerprint density at radius 1 is 1.04 bits per heavy atom. The molecule has 0 fully saturated rings. The Kier molecular flexibility index (Phi) is 5.58. The zero-order valence-corrected chi connectivity index (χ0v) is 18.4. The Hall–Kier alpha value is -1.48. The maximum absolute atomic E-state index is 5.98.